The molecule has 1 saturated heterocycles. The van der Waals surface area contributed by atoms with Gasteiger partial charge in [0.25, 0.3) is 5.69 Å². The number of hydrogen-bond donors (Lipinski definition) is 0. The largest absolute Gasteiger partial charge is 0.459 e. The van der Waals surface area contributed by atoms with E-state index >= 15 is 0 Å². The van der Waals surface area contributed by atoms with E-state index in [-0.39, 0.29) is 10.6 Å². The van der Waals surface area contributed by atoms with Crippen LogP contribution in [0.5, 0.6) is 0 Å². The summed E-state index contributed by atoms with van der Waals surface area (Å²) in [6, 6.07) is 18.1. The zero-order valence-electron chi connectivity index (χ0n) is 17.7. The van der Waals surface area contributed by atoms with Gasteiger partial charge in [0.15, 0.2) is 0 Å². The van der Waals surface area contributed by atoms with Gasteiger partial charge < -0.3 is 9.32 Å². The Bertz CT molecular complexity index is 1040. The van der Waals surface area contributed by atoms with Gasteiger partial charge in [0.1, 0.15) is 11.5 Å². The zero-order chi connectivity index (χ0) is 21.3. The highest BCUT2D eigenvalue weighted by Crippen LogP contribution is 2.36. The van der Waals surface area contributed by atoms with Crippen molar-refractivity contribution in [2.75, 3.05) is 25.5 Å². The Kier molecular flexibility index (Phi) is 5.59. The van der Waals surface area contributed by atoms with Crippen LogP contribution in [0.25, 0.3) is 11.3 Å². The van der Waals surface area contributed by atoms with Gasteiger partial charge in [-0.15, -0.1) is 0 Å². The van der Waals surface area contributed by atoms with Crippen LogP contribution < -0.4 is 4.90 Å². The van der Waals surface area contributed by atoms with Gasteiger partial charge in [-0.2, -0.15) is 0 Å². The zero-order valence-corrected chi connectivity index (χ0v) is 17.7. The van der Waals surface area contributed by atoms with Crippen LogP contribution in [0.2, 0.25) is 0 Å². The molecule has 1 fully saturated rings. The van der Waals surface area contributed by atoms with Gasteiger partial charge in [0.05, 0.1) is 17.0 Å². The lowest BCUT2D eigenvalue weighted by Crippen LogP contribution is -2.22. The minimum atomic E-state index is -0.349. The van der Waals surface area contributed by atoms with Crippen molar-refractivity contribution in [3.05, 3.63) is 81.6 Å². The Balaban J connectivity index is 1.53. The Morgan fingerprint density at radius 3 is 2.60 bits per heavy atom. The maximum absolute atomic E-state index is 11.5. The van der Waals surface area contributed by atoms with Gasteiger partial charge >= 0.3 is 0 Å². The number of furan rings is 1. The molecule has 3 aromatic rings. The molecule has 0 N–H and O–H groups in total. The molecule has 0 aliphatic carbocycles. The molecule has 1 aliphatic rings. The van der Waals surface area contributed by atoms with Crippen LogP contribution in [0.15, 0.2) is 59.0 Å². The summed E-state index contributed by atoms with van der Waals surface area (Å²) in [7, 11) is 4.09. The van der Waals surface area contributed by atoms with E-state index in [4.69, 9.17) is 4.42 Å². The molecule has 6 heteroatoms. The van der Waals surface area contributed by atoms with E-state index in [1.165, 1.54) is 11.3 Å². The summed E-state index contributed by atoms with van der Waals surface area (Å²) < 4.78 is 6.04. The molecule has 30 heavy (non-hydrogen) atoms. The number of rotatable bonds is 6. The minimum absolute atomic E-state index is 0.0796. The van der Waals surface area contributed by atoms with Crippen LogP contribution in [-0.2, 0) is 6.54 Å². The lowest BCUT2D eigenvalue weighted by Gasteiger charge is -2.24. The summed E-state index contributed by atoms with van der Waals surface area (Å²) >= 11 is 0. The first-order chi connectivity index (χ1) is 14.4. The Morgan fingerprint density at radius 1 is 1.13 bits per heavy atom. The molecule has 0 amide bonds. The number of benzene rings is 2. The Hall–Kier alpha value is -3.12. The number of nitro groups is 1. The van der Waals surface area contributed by atoms with Crippen LogP contribution in [0, 0.1) is 17.0 Å². The monoisotopic (exact) mass is 405 g/mol. The highest BCUT2D eigenvalue weighted by Gasteiger charge is 2.27. The molecule has 1 unspecified atom stereocenters. The summed E-state index contributed by atoms with van der Waals surface area (Å²) in [6.07, 6.45) is 2.27. The fourth-order valence-corrected chi connectivity index (χ4v) is 4.20. The van der Waals surface area contributed by atoms with Crippen LogP contribution in [0.1, 0.15) is 35.8 Å². The molecule has 4 rings (SSSR count). The number of nitrogens with zero attached hydrogens (tertiary/aromatic N) is 3. The topological polar surface area (TPSA) is 62.8 Å². The standard InChI is InChI=1S/C24H27N3O3/c1-17-6-12-21(23(15-17)27(28)29)24-13-11-20(30-24)16-26-14-4-5-22(26)18-7-9-19(10-8-18)25(2)3/h6-13,15,22H,4-5,14,16H2,1-3H3. The molecule has 156 valence electrons. The molecule has 1 aromatic heterocycles. The van der Waals surface area contributed by atoms with Gasteiger partial charge in [-0.25, -0.2) is 0 Å². The fourth-order valence-electron chi connectivity index (χ4n) is 4.20. The van der Waals surface area contributed by atoms with E-state index in [2.05, 4.69) is 34.1 Å². The molecule has 2 heterocycles. The van der Waals surface area contributed by atoms with Gasteiger partial charge in [-0.1, -0.05) is 18.2 Å². The van der Waals surface area contributed by atoms with E-state index in [9.17, 15) is 10.1 Å². The third-order valence-electron chi connectivity index (χ3n) is 5.79. The number of aryl methyl sites for hydroxylation is 1. The van der Waals surface area contributed by atoms with Gasteiger partial charge in [0, 0.05) is 31.9 Å². The quantitative estimate of drug-likeness (QED) is 0.396. The van der Waals surface area contributed by atoms with Crippen molar-refractivity contribution in [3.63, 3.8) is 0 Å². The third kappa shape index (κ3) is 4.09. The molecular weight excluding hydrogens is 378 g/mol. The van der Waals surface area contributed by atoms with E-state index in [1.807, 2.05) is 39.2 Å². The van der Waals surface area contributed by atoms with Crippen molar-refractivity contribution < 1.29 is 9.34 Å². The SMILES string of the molecule is Cc1ccc(-c2ccc(CN3CCCC3c3ccc(N(C)C)cc3)o2)c([N+](=O)[O-])c1. The van der Waals surface area contributed by atoms with Crippen LogP contribution in [0.4, 0.5) is 11.4 Å². The van der Waals surface area contributed by atoms with Crippen molar-refractivity contribution in [2.45, 2.75) is 32.4 Å². The highest BCUT2D eigenvalue weighted by atomic mass is 16.6. The normalized spacial score (nSPS) is 16.7. The first-order valence-corrected chi connectivity index (χ1v) is 10.3. The second-order valence-electron chi connectivity index (χ2n) is 8.16. The average Bonchev–Trinajstić information content (AvgIpc) is 3.38. The number of likely N-dealkylation sites (tertiary alicyclic amines) is 1. The predicted octanol–water partition coefficient (Wildman–Crippen LogP) is 5.57. The molecule has 1 atom stereocenters. The van der Waals surface area contributed by atoms with E-state index < -0.39 is 0 Å². The highest BCUT2D eigenvalue weighted by molar-refractivity contribution is 5.70. The molecule has 0 saturated carbocycles. The molecule has 6 nitrogen and oxygen atoms in total. The maximum atomic E-state index is 11.5. The smallest absolute Gasteiger partial charge is 0.280 e. The summed E-state index contributed by atoms with van der Waals surface area (Å²) in [6.45, 7) is 3.56. The second-order valence-corrected chi connectivity index (χ2v) is 8.16. The van der Waals surface area contributed by atoms with Gasteiger partial charge in [0.2, 0.25) is 0 Å². The van der Waals surface area contributed by atoms with Crippen molar-refractivity contribution >= 4 is 11.4 Å². The minimum Gasteiger partial charge on any atom is -0.459 e. The lowest BCUT2D eigenvalue weighted by molar-refractivity contribution is -0.384. The Morgan fingerprint density at radius 2 is 1.90 bits per heavy atom. The van der Waals surface area contributed by atoms with Crippen molar-refractivity contribution in [1.29, 1.82) is 0 Å². The maximum Gasteiger partial charge on any atom is 0.280 e. The van der Waals surface area contributed by atoms with E-state index in [1.54, 1.807) is 12.1 Å². The predicted molar refractivity (Wildman–Crippen MR) is 119 cm³/mol. The van der Waals surface area contributed by atoms with E-state index in [0.29, 0.717) is 23.9 Å². The second kappa shape index (κ2) is 8.32. The number of nitro benzene ring substituents is 1. The summed E-state index contributed by atoms with van der Waals surface area (Å²) in [5.41, 5.74) is 3.97. The summed E-state index contributed by atoms with van der Waals surface area (Å²) in [4.78, 5) is 15.6. The average molecular weight is 405 g/mol. The lowest BCUT2D eigenvalue weighted by atomic mass is 10.0. The fraction of sp³-hybridized carbons (Fsp3) is 0.333. The summed E-state index contributed by atoms with van der Waals surface area (Å²) in [5.74, 6) is 1.37. The van der Waals surface area contributed by atoms with Crippen molar-refractivity contribution in [1.82, 2.24) is 4.90 Å². The first-order valence-electron chi connectivity index (χ1n) is 10.3. The molecule has 0 bridgehead atoms. The van der Waals surface area contributed by atoms with Gasteiger partial charge in [-0.3, -0.25) is 15.0 Å². The van der Waals surface area contributed by atoms with Crippen LogP contribution in [0.3, 0.4) is 0 Å². The molecule has 2 aromatic carbocycles. The van der Waals surface area contributed by atoms with Crippen LogP contribution >= 0.6 is 0 Å². The molecule has 0 radical (unpaired) electrons. The van der Waals surface area contributed by atoms with Crippen LogP contribution in [-0.4, -0.2) is 30.5 Å². The summed E-state index contributed by atoms with van der Waals surface area (Å²) in [5, 5.41) is 11.5. The third-order valence-corrected chi connectivity index (χ3v) is 5.79. The van der Waals surface area contributed by atoms with Crippen molar-refractivity contribution in [2.24, 2.45) is 0 Å². The molecular formula is C24H27N3O3. The number of anilines is 1. The molecule has 0 spiro atoms. The van der Waals surface area contributed by atoms with Crippen molar-refractivity contribution in [3.8, 4) is 11.3 Å². The Labute approximate surface area is 176 Å². The van der Waals surface area contributed by atoms with E-state index in [0.717, 1.165) is 30.7 Å². The van der Waals surface area contributed by atoms with Gasteiger partial charge in [-0.05, 0) is 67.8 Å². The molecule has 1 aliphatic heterocycles. The first kappa shape index (κ1) is 20.2. The number of hydrogen-bond acceptors (Lipinski definition) is 5.